The Morgan fingerprint density at radius 2 is 1.84 bits per heavy atom. The number of hydrogen-bond donors (Lipinski definition) is 1. The molecule has 0 aliphatic heterocycles. The Bertz CT molecular complexity index is 762. The molecule has 7 heteroatoms. The summed E-state index contributed by atoms with van der Waals surface area (Å²) in [5.74, 6) is -0.787. The maximum Gasteiger partial charge on any atom is 0.303 e. The zero-order valence-corrected chi connectivity index (χ0v) is 14.3. The molecule has 132 valence electrons. The molecule has 6 nitrogen and oxygen atoms in total. The quantitative estimate of drug-likeness (QED) is 0.317. The Balaban J connectivity index is 0.00000312. The fraction of sp³-hybridized carbons (Fsp3) is 0.222. The van der Waals surface area contributed by atoms with Crippen LogP contribution in [0.1, 0.15) is 30.5 Å². The lowest BCUT2D eigenvalue weighted by molar-refractivity contribution is -0.699. The molecule has 0 unspecified atom stereocenters. The smallest absolute Gasteiger partial charge is 0.303 e. The minimum atomic E-state index is -0.787. The number of rotatable bonds is 8. The molecule has 0 radical (unpaired) electrons. The monoisotopic (exact) mass is 362 g/mol. The lowest BCUT2D eigenvalue weighted by atomic mass is 10.1. The number of hydrogen-bond acceptors (Lipinski definition) is 3. The summed E-state index contributed by atoms with van der Waals surface area (Å²) in [4.78, 5) is 21.2. The number of carboxylic acid groups (broad SMARTS) is 1. The van der Waals surface area contributed by atoms with Crippen molar-refractivity contribution in [1.29, 1.82) is 0 Å². The van der Waals surface area contributed by atoms with Crippen molar-refractivity contribution >= 4 is 23.8 Å². The van der Waals surface area contributed by atoms with Crippen LogP contribution < -0.4 is 17.0 Å². The molecule has 0 fully saturated rings. The van der Waals surface area contributed by atoms with E-state index in [1.165, 1.54) is 6.07 Å². The van der Waals surface area contributed by atoms with E-state index in [0.717, 1.165) is 12.1 Å². The van der Waals surface area contributed by atoms with Crippen molar-refractivity contribution in [3.8, 4) is 0 Å². The number of nitro groups is 1. The van der Waals surface area contributed by atoms with E-state index in [2.05, 4.69) is 0 Å². The molecule has 0 aliphatic rings. The predicted octanol–water partition coefficient (Wildman–Crippen LogP) is 0.312. The first-order valence-electron chi connectivity index (χ1n) is 7.69. The lowest BCUT2D eigenvalue weighted by Crippen LogP contribution is -3.00. The number of aryl methyl sites for hydroxylation is 1. The Hall–Kier alpha value is -2.73. The van der Waals surface area contributed by atoms with Crippen LogP contribution in [-0.4, -0.2) is 16.0 Å². The molecule has 2 aromatic rings. The summed E-state index contributed by atoms with van der Waals surface area (Å²) in [6.45, 7) is 0.699. The number of nitro benzene ring substituents is 1. The lowest BCUT2D eigenvalue weighted by Gasteiger charge is -2.01. The predicted molar refractivity (Wildman–Crippen MR) is 90.1 cm³/mol. The third-order valence-electron chi connectivity index (χ3n) is 3.58. The summed E-state index contributed by atoms with van der Waals surface area (Å²) in [6, 6.07) is 12.3. The van der Waals surface area contributed by atoms with Gasteiger partial charge in [0.15, 0.2) is 6.20 Å². The molecule has 0 atom stereocenters. The number of benzene rings is 1. The van der Waals surface area contributed by atoms with Crippen LogP contribution in [0, 0.1) is 10.1 Å². The standard InChI is InChI=1S/C18H18N2O4.ClH/c21-18(22)10-4-6-14-19-13-5-3-8-16(19)12-11-15-7-1-2-9-17(15)20(23)24;/h1-3,5,7-9,11-13H,4,6,10,14H2;1H/b12-11+;. The maximum absolute atomic E-state index is 11.0. The van der Waals surface area contributed by atoms with Crippen LogP contribution in [0.5, 0.6) is 0 Å². The van der Waals surface area contributed by atoms with Gasteiger partial charge in [-0.1, -0.05) is 12.1 Å². The van der Waals surface area contributed by atoms with Gasteiger partial charge in [0.25, 0.3) is 5.69 Å². The van der Waals surface area contributed by atoms with Gasteiger partial charge in [-0.15, -0.1) is 0 Å². The fourth-order valence-corrected chi connectivity index (χ4v) is 2.37. The summed E-state index contributed by atoms with van der Waals surface area (Å²) in [5.41, 5.74) is 1.52. The van der Waals surface area contributed by atoms with E-state index in [0.29, 0.717) is 18.5 Å². The van der Waals surface area contributed by atoms with Gasteiger partial charge in [0.2, 0.25) is 5.69 Å². The Kier molecular flexibility index (Phi) is 8.29. The second kappa shape index (κ2) is 10.2. The van der Waals surface area contributed by atoms with Crippen molar-refractivity contribution in [2.45, 2.75) is 25.8 Å². The van der Waals surface area contributed by atoms with E-state index in [1.807, 2.05) is 35.0 Å². The SMILES string of the molecule is O=C(O)CCCC[n+]1ccccc1/C=C/c1ccccc1[N+](=O)[O-].[Cl-]. The number of carbonyl (C=O) groups is 1. The molecule has 0 aliphatic carbocycles. The van der Waals surface area contributed by atoms with Crippen molar-refractivity contribution in [3.05, 3.63) is 70.0 Å². The zero-order chi connectivity index (χ0) is 17.4. The molecular weight excluding hydrogens is 344 g/mol. The highest BCUT2D eigenvalue weighted by atomic mass is 35.5. The summed E-state index contributed by atoms with van der Waals surface area (Å²) in [6.07, 6.45) is 7.01. The molecule has 1 aromatic heterocycles. The van der Waals surface area contributed by atoms with Crippen LogP contribution >= 0.6 is 0 Å². The van der Waals surface area contributed by atoms with Crippen LogP contribution in [0.4, 0.5) is 5.69 Å². The first-order chi connectivity index (χ1) is 11.6. The van der Waals surface area contributed by atoms with Crippen LogP contribution in [0.25, 0.3) is 12.2 Å². The number of halogens is 1. The average molecular weight is 363 g/mol. The highest BCUT2D eigenvalue weighted by Crippen LogP contribution is 2.19. The van der Waals surface area contributed by atoms with Crippen molar-refractivity contribution in [3.63, 3.8) is 0 Å². The van der Waals surface area contributed by atoms with E-state index in [4.69, 9.17) is 5.11 Å². The van der Waals surface area contributed by atoms with Gasteiger partial charge < -0.3 is 17.5 Å². The van der Waals surface area contributed by atoms with Gasteiger partial charge in [0.1, 0.15) is 6.54 Å². The fourth-order valence-electron chi connectivity index (χ4n) is 2.37. The number of nitrogens with zero attached hydrogens (tertiary/aromatic N) is 2. The van der Waals surface area contributed by atoms with Crippen LogP contribution in [-0.2, 0) is 11.3 Å². The second-order valence-electron chi connectivity index (χ2n) is 5.32. The van der Waals surface area contributed by atoms with Crippen molar-refractivity contribution < 1.29 is 31.8 Å². The van der Waals surface area contributed by atoms with Gasteiger partial charge in [0, 0.05) is 37.1 Å². The van der Waals surface area contributed by atoms with Gasteiger partial charge >= 0.3 is 5.97 Å². The molecule has 1 aromatic carbocycles. The normalized spacial score (nSPS) is 10.4. The zero-order valence-electron chi connectivity index (χ0n) is 13.5. The Morgan fingerprint density at radius 3 is 2.56 bits per heavy atom. The number of aliphatic carboxylic acids is 1. The van der Waals surface area contributed by atoms with Gasteiger partial charge in [-0.2, -0.15) is 4.57 Å². The molecule has 0 saturated heterocycles. The molecule has 0 bridgehead atoms. The molecular formula is C18H19ClN2O4. The molecule has 1 N–H and O–H groups in total. The number of para-hydroxylation sites is 1. The second-order valence-corrected chi connectivity index (χ2v) is 5.32. The molecule has 0 saturated carbocycles. The summed E-state index contributed by atoms with van der Waals surface area (Å²) >= 11 is 0. The van der Waals surface area contributed by atoms with Crippen molar-refractivity contribution in [2.75, 3.05) is 0 Å². The minimum absolute atomic E-state index is 0. The van der Waals surface area contributed by atoms with E-state index < -0.39 is 10.9 Å². The summed E-state index contributed by atoms with van der Waals surface area (Å²) in [7, 11) is 0. The Morgan fingerprint density at radius 1 is 1.12 bits per heavy atom. The summed E-state index contributed by atoms with van der Waals surface area (Å²) < 4.78 is 2.01. The van der Waals surface area contributed by atoms with Crippen LogP contribution in [0.2, 0.25) is 0 Å². The van der Waals surface area contributed by atoms with Gasteiger partial charge in [-0.3, -0.25) is 14.9 Å². The minimum Gasteiger partial charge on any atom is -1.00 e. The largest absolute Gasteiger partial charge is 1.00 e. The van der Waals surface area contributed by atoms with Crippen LogP contribution in [0.3, 0.4) is 0 Å². The van der Waals surface area contributed by atoms with Gasteiger partial charge in [-0.25, -0.2) is 0 Å². The molecule has 0 spiro atoms. The maximum atomic E-state index is 11.0. The first kappa shape index (κ1) is 20.3. The van der Waals surface area contributed by atoms with Gasteiger partial charge in [0.05, 0.1) is 10.5 Å². The molecule has 1 heterocycles. The average Bonchev–Trinajstić information content (AvgIpc) is 2.57. The third-order valence-corrected chi connectivity index (χ3v) is 3.58. The number of pyridine rings is 1. The number of aromatic nitrogens is 1. The van der Waals surface area contributed by atoms with Crippen molar-refractivity contribution in [2.24, 2.45) is 0 Å². The molecule has 25 heavy (non-hydrogen) atoms. The van der Waals surface area contributed by atoms with Crippen molar-refractivity contribution in [1.82, 2.24) is 0 Å². The number of carboxylic acids is 1. The third kappa shape index (κ3) is 6.35. The van der Waals surface area contributed by atoms with Crippen LogP contribution in [0.15, 0.2) is 48.7 Å². The molecule has 0 amide bonds. The van der Waals surface area contributed by atoms with E-state index >= 15 is 0 Å². The van der Waals surface area contributed by atoms with E-state index in [9.17, 15) is 14.9 Å². The summed E-state index contributed by atoms with van der Waals surface area (Å²) in [5, 5.41) is 19.7. The highest BCUT2D eigenvalue weighted by Gasteiger charge is 2.11. The molecule has 2 rings (SSSR count). The van der Waals surface area contributed by atoms with Gasteiger partial charge in [-0.05, 0) is 24.6 Å². The first-order valence-corrected chi connectivity index (χ1v) is 7.69. The van der Waals surface area contributed by atoms with E-state index in [1.54, 1.807) is 24.3 Å². The van der Waals surface area contributed by atoms with E-state index in [-0.39, 0.29) is 24.5 Å². The Labute approximate surface area is 152 Å². The number of unbranched alkanes of at least 4 members (excludes halogenated alkanes) is 1. The topological polar surface area (TPSA) is 84.3 Å². The highest BCUT2D eigenvalue weighted by molar-refractivity contribution is 5.72.